The van der Waals surface area contributed by atoms with Crippen LogP contribution in [0, 0.1) is 6.92 Å². The smallest absolute Gasteiger partial charge is 0.151 e. The molecular formula is C20H26N4O2. The molecule has 2 atom stereocenters. The summed E-state index contributed by atoms with van der Waals surface area (Å²) in [6, 6.07) is 14.1. The Labute approximate surface area is 154 Å². The quantitative estimate of drug-likeness (QED) is 0.903. The van der Waals surface area contributed by atoms with Crippen LogP contribution in [0.15, 0.2) is 42.5 Å². The van der Waals surface area contributed by atoms with Crippen molar-refractivity contribution in [3.05, 3.63) is 53.7 Å². The van der Waals surface area contributed by atoms with Gasteiger partial charge in [0.2, 0.25) is 0 Å². The number of benzene rings is 1. The summed E-state index contributed by atoms with van der Waals surface area (Å²) in [7, 11) is 0. The molecule has 0 bridgehead atoms. The van der Waals surface area contributed by atoms with Crippen LogP contribution in [0.25, 0.3) is 0 Å². The van der Waals surface area contributed by atoms with Gasteiger partial charge in [-0.2, -0.15) is 5.10 Å². The first-order valence-corrected chi connectivity index (χ1v) is 9.32. The summed E-state index contributed by atoms with van der Waals surface area (Å²) in [6.07, 6.45) is 0.661. The second kappa shape index (κ2) is 7.31. The van der Waals surface area contributed by atoms with Gasteiger partial charge in [-0.05, 0) is 31.0 Å². The first kappa shape index (κ1) is 17.4. The molecule has 1 aromatic heterocycles. The molecule has 0 aliphatic carbocycles. The lowest BCUT2D eigenvalue weighted by atomic mass is 9.79. The van der Waals surface area contributed by atoms with E-state index in [0.717, 1.165) is 43.3 Å². The van der Waals surface area contributed by atoms with Crippen LogP contribution in [0.1, 0.15) is 17.7 Å². The van der Waals surface area contributed by atoms with Crippen LogP contribution in [0.3, 0.4) is 0 Å². The van der Waals surface area contributed by atoms with Gasteiger partial charge < -0.3 is 14.7 Å². The summed E-state index contributed by atoms with van der Waals surface area (Å²) in [6.45, 7) is 6.53. The number of ether oxygens (including phenoxy) is 1. The predicted octanol–water partition coefficient (Wildman–Crippen LogP) is 1.58. The van der Waals surface area contributed by atoms with Crippen molar-refractivity contribution in [3.8, 4) is 0 Å². The summed E-state index contributed by atoms with van der Waals surface area (Å²) in [4.78, 5) is 4.61. The Kier molecular flexibility index (Phi) is 4.89. The maximum absolute atomic E-state index is 11.7. The van der Waals surface area contributed by atoms with Crippen LogP contribution in [-0.4, -0.2) is 65.6 Å². The van der Waals surface area contributed by atoms with E-state index in [1.165, 1.54) is 0 Å². The van der Waals surface area contributed by atoms with Crippen molar-refractivity contribution in [2.75, 3.05) is 44.3 Å². The van der Waals surface area contributed by atoms with E-state index in [0.29, 0.717) is 19.6 Å². The number of piperidine rings is 1. The molecule has 2 aliphatic rings. The number of morpholine rings is 1. The molecule has 1 aromatic carbocycles. The minimum Gasteiger partial charge on any atom is -0.383 e. The fraction of sp³-hybridized carbons (Fsp3) is 0.500. The normalized spacial score (nSPS) is 27.5. The number of nitrogens with zero attached hydrogens (tertiary/aromatic N) is 4. The van der Waals surface area contributed by atoms with Crippen molar-refractivity contribution in [3.63, 3.8) is 0 Å². The number of anilines is 1. The van der Waals surface area contributed by atoms with Crippen molar-refractivity contribution >= 4 is 5.82 Å². The number of hydrogen-bond donors (Lipinski definition) is 1. The molecule has 6 heteroatoms. The van der Waals surface area contributed by atoms with Crippen LogP contribution < -0.4 is 4.90 Å². The zero-order valence-corrected chi connectivity index (χ0v) is 15.2. The molecule has 4 rings (SSSR count). The van der Waals surface area contributed by atoms with E-state index in [1.54, 1.807) is 0 Å². The fourth-order valence-corrected chi connectivity index (χ4v) is 4.06. The average molecular weight is 354 g/mol. The highest BCUT2D eigenvalue weighted by Crippen LogP contribution is 2.37. The highest BCUT2D eigenvalue weighted by Gasteiger charge is 2.46. The van der Waals surface area contributed by atoms with E-state index in [4.69, 9.17) is 4.74 Å². The van der Waals surface area contributed by atoms with Crippen LogP contribution in [0.5, 0.6) is 0 Å². The topological polar surface area (TPSA) is 61.7 Å². The van der Waals surface area contributed by atoms with Gasteiger partial charge in [0, 0.05) is 26.2 Å². The molecule has 0 saturated carbocycles. The molecule has 0 amide bonds. The van der Waals surface area contributed by atoms with E-state index in [-0.39, 0.29) is 6.04 Å². The second-order valence-electron chi connectivity index (χ2n) is 7.18. The largest absolute Gasteiger partial charge is 0.383 e. The maximum atomic E-state index is 11.7. The molecule has 26 heavy (non-hydrogen) atoms. The molecule has 0 unspecified atom stereocenters. The van der Waals surface area contributed by atoms with Crippen LogP contribution >= 0.6 is 0 Å². The van der Waals surface area contributed by atoms with Gasteiger partial charge in [-0.25, -0.2) is 0 Å². The van der Waals surface area contributed by atoms with Gasteiger partial charge in [-0.1, -0.05) is 30.3 Å². The van der Waals surface area contributed by atoms with Crippen molar-refractivity contribution in [1.29, 1.82) is 0 Å². The minimum atomic E-state index is -0.868. The van der Waals surface area contributed by atoms with Crippen molar-refractivity contribution in [2.45, 2.75) is 25.0 Å². The average Bonchev–Trinajstić information content (AvgIpc) is 2.70. The first-order chi connectivity index (χ1) is 12.7. The SMILES string of the molecule is Cc1ccc(N2CC[C@](O)(c3ccccc3)[C@H](N3CCOCC3)C2)nn1. The lowest BCUT2D eigenvalue weighted by Gasteiger charge is -2.50. The van der Waals surface area contributed by atoms with Gasteiger partial charge in [-0.15, -0.1) is 5.10 Å². The number of aryl methyl sites for hydroxylation is 1. The van der Waals surface area contributed by atoms with Crippen molar-refractivity contribution in [1.82, 2.24) is 15.1 Å². The van der Waals surface area contributed by atoms with Gasteiger partial charge in [0.05, 0.1) is 24.9 Å². The highest BCUT2D eigenvalue weighted by molar-refractivity contribution is 5.40. The Bertz CT molecular complexity index is 718. The third-order valence-corrected chi connectivity index (χ3v) is 5.58. The Morgan fingerprint density at radius 3 is 2.50 bits per heavy atom. The minimum absolute atomic E-state index is 0.00865. The van der Waals surface area contributed by atoms with E-state index in [9.17, 15) is 5.11 Å². The second-order valence-corrected chi connectivity index (χ2v) is 7.18. The van der Waals surface area contributed by atoms with E-state index in [2.05, 4.69) is 20.0 Å². The van der Waals surface area contributed by atoms with E-state index >= 15 is 0 Å². The van der Waals surface area contributed by atoms with Gasteiger partial charge >= 0.3 is 0 Å². The van der Waals surface area contributed by atoms with Crippen molar-refractivity contribution < 1.29 is 9.84 Å². The van der Waals surface area contributed by atoms with Gasteiger partial charge in [-0.3, -0.25) is 4.90 Å². The van der Waals surface area contributed by atoms with Gasteiger partial charge in [0.15, 0.2) is 5.82 Å². The number of aromatic nitrogens is 2. The van der Waals surface area contributed by atoms with Gasteiger partial charge in [0.1, 0.15) is 5.60 Å². The highest BCUT2D eigenvalue weighted by atomic mass is 16.5. The first-order valence-electron chi connectivity index (χ1n) is 9.32. The molecule has 2 aromatic rings. The summed E-state index contributed by atoms with van der Waals surface area (Å²) >= 11 is 0. The summed E-state index contributed by atoms with van der Waals surface area (Å²) in [5, 5.41) is 20.3. The van der Waals surface area contributed by atoms with Crippen LogP contribution in [0.2, 0.25) is 0 Å². The summed E-state index contributed by atoms with van der Waals surface area (Å²) in [5.74, 6) is 0.879. The van der Waals surface area contributed by atoms with E-state index in [1.807, 2.05) is 49.4 Å². The Hall–Kier alpha value is -2.02. The molecular weight excluding hydrogens is 328 g/mol. The summed E-state index contributed by atoms with van der Waals surface area (Å²) < 4.78 is 5.53. The molecule has 138 valence electrons. The molecule has 3 heterocycles. The van der Waals surface area contributed by atoms with Crippen LogP contribution in [0.4, 0.5) is 5.82 Å². The Morgan fingerprint density at radius 1 is 1.04 bits per heavy atom. The lowest BCUT2D eigenvalue weighted by Crippen LogP contribution is -2.62. The lowest BCUT2D eigenvalue weighted by molar-refractivity contribution is -0.0911. The number of hydrogen-bond acceptors (Lipinski definition) is 6. The summed E-state index contributed by atoms with van der Waals surface area (Å²) in [5.41, 5.74) is 1.04. The monoisotopic (exact) mass is 354 g/mol. The van der Waals surface area contributed by atoms with Crippen molar-refractivity contribution in [2.24, 2.45) is 0 Å². The maximum Gasteiger partial charge on any atom is 0.151 e. The number of aliphatic hydroxyl groups is 1. The molecule has 0 spiro atoms. The molecule has 2 aliphatic heterocycles. The Morgan fingerprint density at radius 2 is 1.81 bits per heavy atom. The number of rotatable bonds is 3. The third kappa shape index (κ3) is 3.32. The van der Waals surface area contributed by atoms with Gasteiger partial charge in [0.25, 0.3) is 0 Å². The third-order valence-electron chi connectivity index (χ3n) is 5.58. The molecule has 0 radical (unpaired) electrons. The fourth-order valence-electron chi connectivity index (χ4n) is 4.06. The van der Waals surface area contributed by atoms with Crippen LogP contribution in [-0.2, 0) is 10.3 Å². The van der Waals surface area contributed by atoms with E-state index < -0.39 is 5.60 Å². The zero-order chi connectivity index (χ0) is 18.0. The Balaban J connectivity index is 1.64. The zero-order valence-electron chi connectivity index (χ0n) is 15.2. The molecule has 2 fully saturated rings. The molecule has 2 saturated heterocycles. The standard InChI is InChI=1S/C20H26N4O2/c1-16-7-8-19(22-21-16)24-10-9-20(25,17-5-3-2-4-6-17)18(15-24)23-11-13-26-14-12-23/h2-8,18,25H,9-15H2,1H3/t18-,20+/m1/s1. The predicted molar refractivity (Wildman–Crippen MR) is 100 cm³/mol. The molecule has 1 N–H and O–H groups in total. The molecule has 6 nitrogen and oxygen atoms in total.